The first kappa shape index (κ1) is 109. The van der Waals surface area contributed by atoms with E-state index in [1.165, 1.54) is 151 Å². The Balaban J connectivity index is 0.000000152. The van der Waals surface area contributed by atoms with Crippen molar-refractivity contribution in [3.8, 4) is 0 Å². The number of fused-ring (bicyclic) bond motifs is 10. The van der Waals surface area contributed by atoms with Gasteiger partial charge in [-0.3, -0.25) is 19.4 Å². The third-order valence-electron chi connectivity index (χ3n) is 29.6. The van der Waals surface area contributed by atoms with Crippen LogP contribution in [0.5, 0.6) is 0 Å². The van der Waals surface area contributed by atoms with Crippen molar-refractivity contribution < 1.29 is 28.7 Å². The summed E-state index contributed by atoms with van der Waals surface area (Å²) in [5, 5.41) is 14.1. The van der Waals surface area contributed by atoms with Gasteiger partial charge < -0.3 is 40.5 Å². The van der Waals surface area contributed by atoms with Gasteiger partial charge in [-0.2, -0.15) is 0 Å². The van der Waals surface area contributed by atoms with Crippen LogP contribution in [0.1, 0.15) is 403 Å². The van der Waals surface area contributed by atoms with Crippen molar-refractivity contribution in [2.24, 2.45) is 0 Å². The Bertz CT molecular complexity index is 5630. The van der Waals surface area contributed by atoms with Crippen molar-refractivity contribution in [1.82, 2.24) is 0 Å². The van der Waals surface area contributed by atoms with Crippen LogP contribution in [0.4, 0.5) is 55.1 Å². The second-order valence-corrected chi connectivity index (χ2v) is 53.6. The van der Waals surface area contributed by atoms with E-state index in [0.29, 0.717) is 22.8 Å². The number of nitrogens with one attached hydrogen (secondary N) is 4. The number of amides is 4. The first-order chi connectivity index (χ1) is 63.3. The summed E-state index contributed by atoms with van der Waals surface area (Å²) < 4.78 is 11.2. The molecule has 0 unspecified atom stereocenters. The Labute approximate surface area is 836 Å². The molecular formula is C124H180N8O6. The predicted molar refractivity (Wildman–Crippen MR) is 589 cm³/mol. The number of hydrogen-bond donors (Lipinski definition) is 4. The summed E-state index contributed by atoms with van der Waals surface area (Å²) in [4.78, 5) is 55.8. The van der Waals surface area contributed by atoms with Crippen LogP contribution >= 0.6 is 0 Å². The molecule has 2 aliphatic carbocycles. The molecule has 14 heteroatoms. The summed E-state index contributed by atoms with van der Waals surface area (Å²) >= 11 is 0. The fourth-order valence-electron chi connectivity index (χ4n) is 19.7. The predicted octanol–water partition coefficient (Wildman–Crippen LogP) is 30.9. The zero-order valence-electron chi connectivity index (χ0n) is 93.0. The summed E-state index contributed by atoms with van der Waals surface area (Å²) in [7, 11) is 0. The van der Waals surface area contributed by atoms with Gasteiger partial charge in [0.15, 0.2) is 0 Å². The normalized spacial score (nSPS) is 17.8. The number of ether oxygens (including phenoxy) is 2. The number of nitrogens with zero attached hydrogens (tertiary/aromatic N) is 4. The number of hydrogen-bond acceptors (Lipinski definition) is 10. The summed E-state index contributed by atoms with van der Waals surface area (Å²) in [6.07, 6.45) is 12.4. The molecule has 4 N–H and O–H groups in total. The largest absolute Gasteiger partial charge is 0.443 e. The highest BCUT2D eigenvalue weighted by atomic mass is 16.6. The van der Waals surface area contributed by atoms with Crippen molar-refractivity contribution in [1.29, 1.82) is 0 Å². The molecule has 18 rings (SSSR count). The van der Waals surface area contributed by atoms with Gasteiger partial charge in [-0.1, -0.05) is 305 Å². The van der Waals surface area contributed by atoms with E-state index in [0.717, 1.165) is 94.2 Å². The summed E-state index contributed by atoms with van der Waals surface area (Å²) in [5.41, 5.74) is 33.5. The fourth-order valence-corrected chi connectivity index (χ4v) is 19.7. The molecule has 0 atom stereocenters. The third kappa shape index (κ3) is 26.8. The van der Waals surface area contributed by atoms with Crippen LogP contribution < -0.4 is 40.9 Å². The average Bonchev–Trinajstić information content (AvgIpc) is 1.55. The van der Waals surface area contributed by atoms with Gasteiger partial charge in [0.2, 0.25) is 11.8 Å². The molecule has 2 fully saturated rings. The number of carbonyl (C=O) groups is 4. The molecule has 8 aromatic rings. The molecule has 2 saturated carbocycles. The van der Waals surface area contributed by atoms with E-state index in [1.807, 2.05) is 51.3 Å². The van der Waals surface area contributed by atoms with Crippen molar-refractivity contribution in [3.63, 3.8) is 0 Å². The minimum Gasteiger partial charge on any atom is -0.443 e. The summed E-state index contributed by atoms with van der Waals surface area (Å²) in [5.74, 6) is 0.316. The first-order valence-corrected chi connectivity index (χ1v) is 52.0. The van der Waals surface area contributed by atoms with Crippen LogP contribution in [-0.2, 0) is 109 Å². The Kier molecular flexibility index (Phi) is 31.6. The zero-order chi connectivity index (χ0) is 103. The van der Waals surface area contributed by atoms with Gasteiger partial charge in [-0.25, -0.2) is 9.59 Å². The SMILES string of the molecule is CC(=O)N1CC2(CC2)c2ccc(C(C)(C)C)cc21.CC(=O)N1CCc2ccc(C(C)(C)C)cc21.CC(C)(C)OC(=O)N1CCC(C)(C)c2ccc(C(C)(C)C)cc21.CC(C)(C)OC(=O)N1CCCc2ccc(C(C)(C)C)cc21.CC(C)(C)c1ccc2c(c1)NCC2(C)C.CC(C)(C)c1ccc2c(c1)NCC21CC1.CC(C)(C)c1ccc2c(c1)NCCC2.CC(C)(C)c1ccc2c(c1)NCCC2(C)C. The molecule has 8 heterocycles. The van der Waals surface area contributed by atoms with Crippen LogP contribution in [0.25, 0.3) is 0 Å². The smallest absolute Gasteiger partial charge is 0.414 e. The van der Waals surface area contributed by atoms with Crippen LogP contribution in [-0.4, -0.2) is 87.6 Å². The van der Waals surface area contributed by atoms with Gasteiger partial charge in [0.25, 0.3) is 0 Å². The van der Waals surface area contributed by atoms with E-state index < -0.39 is 11.2 Å². The van der Waals surface area contributed by atoms with Gasteiger partial charge in [0.1, 0.15) is 11.2 Å². The first-order valence-electron chi connectivity index (χ1n) is 52.0. The van der Waals surface area contributed by atoms with Crippen LogP contribution in [0.15, 0.2) is 146 Å². The molecule has 10 aliphatic rings. The van der Waals surface area contributed by atoms with Gasteiger partial charge in [0.05, 0.1) is 11.4 Å². The van der Waals surface area contributed by atoms with E-state index in [1.54, 1.807) is 29.2 Å². The molecule has 0 bridgehead atoms. The highest BCUT2D eigenvalue weighted by Crippen LogP contribution is 2.58. The van der Waals surface area contributed by atoms with Gasteiger partial charge in [-0.15, -0.1) is 0 Å². The van der Waals surface area contributed by atoms with E-state index in [9.17, 15) is 19.2 Å². The maximum atomic E-state index is 12.7. The zero-order valence-corrected chi connectivity index (χ0v) is 93.0. The topological polar surface area (TPSA) is 148 Å². The van der Waals surface area contributed by atoms with Crippen molar-refractivity contribution in [2.75, 3.05) is 93.2 Å². The van der Waals surface area contributed by atoms with Crippen LogP contribution in [0.2, 0.25) is 0 Å². The van der Waals surface area contributed by atoms with Crippen molar-refractivity contribution in [2.45, 2.75) is 415 Å². The lowest BCUT2D eigenvalue weighted by Gasteiger charge is -2.40. The third-order valence-corrected chi connectivity index (χ3v) is 29.6. The van der Waals surface area contributed by atoms with E-state index in [-0.39, 0.29) is 78.2 Å². The van der Waals surface area contributed by atoms with Gasteiger partial charge >= 0.3 is 12.2 Å². The maximum Gasteiger partial charge on any atom is 0.414 e. The lowest BCUT2D eigenvalue weighted by molar-refractivity contribution is -0.117. The second-order valence-electron chi connectivity index (χ2n) is 53.6. The summed E-state index contributed by atoms with van der Waals surface area (Å²) in [6, 6.07) is 53.9. The quantitative estimate of drug-likeness (QED) is 0.116. The lowest BCUT2D eigenvalue weighted by Crippen LogP contribution is -2.43. The monoisotopic (exact) mass is 1880 g/mol. The Morgan fingerprint density at radius 3 is 1.04 bits per heavy atom. The number of rotatable bonds is 0. The van der Waals surface area contributed by atoms with E-state index in [4.69, 9.17) is 9.47 Å². The van der Waals surface area contributed by atoms with Crippen molar-refractivity contribution in [3.05, 3.63) is 235 Å². The molecule has 8 aliphatic heterocycles. The molecule has 0 aromatic heterocycles. The van der Waals surface area contributed by atoms with Gasteiger partial charge in [0, 0.05) is 117 Å². The average molecular weight is 1880 g/mol. The molecular weight excluding hydrogens is 1700 g/mol. The molecule has 2 spiro atoms. The highest BCUT2D eigenvalue weighted by Gasteiger charge is 2.53. The summed E-state index contributed by atoms with van der Waals surface area (Å²) in [6.45, 7) is 89.7. The number of aryl methyl sites for hydroxylation is 2. The molecule has 0 radical (unpaired) electrons. The van der Waals surface area contributed by atoms with E-state index >= 15 is 0 Å². The molecule has 0 saturated heterocycles. The number of carbonyl (C=O) groups excluding carboxylic acids is 4. The van der Waals surface area contributed by atoms with E-state index in [2.05, 4.69) is 375 Å². The standard InChI is InChI=1S/C20H31NO2.C18H27NO2.C16H21NO.C15H23N.C14H19NO.C14H19N.C14H21N.C13H19N/c1-18(2,3)14-9-10-15-16(13-14)21(12-11-20(15,7)8)17(22)23-19(4,5)6;1-17(2,3)14-10-9-13-8-7-11-19(15(13)12-14)16(20)21-18(4,5)6;1-11(18)17-10-16(7-8-16)13-6-5-12(9-14(13)17)15(2,3)4;1-14(2,3)11-6-7-12-13(10-11)16-9-8-15(12,4)5;1-10(16)15-8-7-11-5-6-12(9-13(11)15)14(2,3)4;1-13(2,3)10-4-5-11-12(8-10)15-9-14(11)6-7-14;1-13(2,3)10-6-7-11-12(8-10)15-9-14(11,4)5;1-13(2,3)11-7-6-10-5-4-8-14-12(10)9-11/h9-10,13H,11-12H2,1-8H3;9-10,12H,7-8,11H2,1-6H3;5-6,9H,7-8,10H2,1-4H3;6-7,10,16H,8-9H2,1-5H3;5-6,9H,7-8H2,1-4H3;4-5,8,15H,6-7,9H2,1-3H3;6-8,15H,9H2,1-5H3;6-7,9,14H,4-5,8H2,1-3H3. The Hall–Kier alpha value is -9.56. The lowest BCUT2D eigenvalue weighted by atomic mass is 9.75. The number of benzene rings is 8. The fraction of sp³-hybridized carbons (Fsp3) is 0.581. The minimum atomic E-state index is -0.480. The molecule has 4 amide bonds. The molecule has 138 heavy (non-hydrogen) atoms. The second kappa shape index (κ2) is 40.1. The van der Waals surface area contributed by atoms with Gasteiger partial charge in [-0.05, 0) is 304 Å². The number of anilines is 8. The molecule has 14 nitrogen and oxygen atoms in total. The maximum absolute atomic E-state index is 12.7. The molecule has 8 aromatic carbocycles. The van der Waals surface area contributed by atoms with Crippen LogP contribution in [0.3, 0.4) is 0 Å². The minimum absolute atomic E-state index is 0.0518. The molecule has 752 valence electrons. The van der Waals surface area contributed by atoms with Crippen LogP contribution in [0, 0.1) is 0 Å². The Morgan fingerprint density at radius 1 is 0.275 bits per heavy atom. The highest BCUT2D eigenvalue weighted by molar-refractivity contribution is 5.96. The Morgan fingerprint density at radius 2 is 0.601 bits per heavy atom. The van der Waals surface area contributed by atoms with Crippen molar-refractivity contribution >= 4 is 69.5 Å².